The monoisotopic (exact) mass is 1630 g/mol. The predicted molar refractivity (Wildman–Crippen MR) is 473 cm³/mol. The number of carbonyl (C=O) groups excluding carboxylic acids is 3. The van der Waals surface area contributed by atoms with Crippen molar-refractivity contribution >= 4 is 33.6 Å². The van der Waals surface area contributed by atoms with Gasteiger partial charge in [-0.1, -0.05) is 373 Å². The molecule has 0 aliphatic carbocycles. The average Bonchev–Trinajstić information content (AvgIpc) is 0.903. The topological polar surface area (TPSA) is 231 Å². The SMILES string of the molecule is CC/C=C\C/C=C\C/C=C\C/C=C\C/C=C\CCCCCCCCCCCCCCCCCCCC(=O)OCC(O)COP(=O)(O)OCC(O)COP(=O)(O)OCC(COC(=O)CCCCCCCCCCCCCCC/C=C\C/C=C\C/C=C\C/C=C\C/C=C\CC)OC(=O)CCCCCCC/C=C\CCCCCCCC. The Morgan fingerprint density at radius 3 is 0.752 bits per heavy atom. The second-order valence-electron chi connectivity index (χ2n) is 30.3. The normalized spacial score (nSPS) is 14.4. The standard InChI is InChI=1S/C95H166O16P2/c1-4-7-10-13-16-19-22-25-28-30-32-34-36-38-40-42-43-44-45-47-49-50-52-54-56-58-61-63-66-69-72-75-78-81-93(98)105-84-90(96)85-107-112(101,102)108-86-91(97)87-109-113(103,104)110-89-92(111-95(100)83-80-77-74-71-68-65-60-27-24-21-18-15-12-9-6-3)88-106-94(99)82-79-76-73-70-67-64-62-59-57-55-53-51-48-46-41-39-37-35-33-31-29-26-23-20-17-14-11-8-5-2/h7-8,10-11,16-17,19-20,25-29,32-35,38-41,60,90-92,96-97H,4-6,9,12-15,18,21-24,30-31,36-37,42-59,61-89H2,1-3H3,(H,101,102)(H,103,104)/b10-7-,11-8-,19-16-,20-17-,28-25-,29-26-,34-32-,35-33-,40-38-,41-39-,60-27-. The number of phosphoric acid groups is 2. The highest BCUT2D eigenvalue weighted by atomic mass is 31.2. The van der Waals surface area contributed by atoms with Crippen LogP contribution in [0.1, 0.15) is 393 Å². The molecule has 0 bridgehead atoms. The molecule has 0 aromatic carbocycles. The van der Waals surface area contributed by atoms with E-state index in [0.29, 0.717) is 19.3 Å². The summed E-state index contributed by atoms with van der Waals surface area (Å²) in [5.74, 6) is -1.57. The first kappa shape index (κ1) is 109. The first-order chi connectivity index (χ1) is 55.2. The first-order valence-corrected chi connectivity index (χ1v) is 48.5. The molecule has 0 aliphatic heterocycles. The van der Waals surface area contributed by atoms with Crippen LogP contribution in [0, 0.1) is 0 Å². The van der Waals surface area contributed by atoms with E-state index in [4.69, 9.17) is 32.3 Å². The van der Waals surface area contributed by atoms with Gasteiger partial charge in [0, 0.05) is 19.3 Å². The highest BCUT2D eigenvalue weighted by molar-refractivity contribution is 7.47. The zero-order valence-corrected chi connectivity index (χ0v) is 73.6. The van der Waals surface area contributed by atoms with E-state index in [9.17, 15) is 43.5 Å². The van der Waals surface area contributed by atoms with Crippen LogP contribution in [0.3, 0.4) is 0 Å². The molecule has 5 unspecified atom stereocenters. The van der Waals surface area contributed by atoms with Crippen molar-refractivity contribution in [3.05, 3.63) is 134 Å². The third kappa shape index (κ3) is 88.3. The largest absolute Gasteiger partial charge is 0.472 e. The number of hydrogen-bond acceptors (Lipinski definition) is 14. The van der Waals surface area contributed by atoms with Crippen LogP contribution in [0.15, 0.2) is 134 Å². The van der Waals surface area contributed by atoms with Crippen molar-refractivity contribution in [2.75, 3.05) is 39.6 Å². The number of carbonyl (C=O) groups is 3. The summed E-state index contributed by atoms with van der Waals surface area (Å²) in [6.45, 7) is 2.50. The number of aliphatic hydroxyl groups excluding tert-OH is 2. The molecule has 0 aromatic rings. The Hall–Kier alpha value is -4.31. The molecule has 0 spiro atoms. The van der Waals surface area contributed by atoms with Crippen LogP contribution < -0.4 is 0 Å². The van der Waals surface area contributed by atoms with Crippen molar-refractivity contribution < 1.29 is 75.8 Å². The van der Waals surface area contributed by atoms with Crippen LogP contribution in [0.4, 0.5) is 0 Å². The van der Waals surface area contributed by atoms with Gasteiger partial charge in [-0.15, -0.1) is 0 Å². The second kappa shape index (κ2) is 87.0. The molecule has 113 heavy (non-hydrogen) atoms. The van der Waals surface area contributed by atoms with Gasteiger partial charge in [-0.25, -0.2) is 9.13 Å². The minimum absolute atomic E-state index is 0.0950. The van der Waals surface area contributed by atoms with Gasteiger partial charge in [0.1, 0.15) is 25.4 Å². The van der Waals surface area contributed by atoms with Crippen LogP contribution in [-0.2, 0) is 55.8 Å². The Morgan fingerprint density at radius 1 is 0.257 bits per heavy atom. The third-order valence-electron chi connectivity index (χ3n) is 19.3. The fraction of sp³-hybridized carbons (Fsp3) is 0.737. The van der Waals surface area contributed by atoms with Crippen molar-refractivity contribution in [2.45, 2.75) is 411 Å². The van der Waals surface area contributed by atoms with E-state index in [1.165, 1.54) is 186 Å². The summed E-state index contributed by atoms with van der Waals surface area (Å²) >= 11 is 0. The highest BCUT2D eigenvalue weighted by Crippen LogP contribution is 2.45. The van der Waals surface area contributed by atoms with Gasteiger partial charge in [0.15, 0.2) is 6.10 Å². The van der Waals surface area contributed by atoms with Crippen LogP contribution in [0.25, 0.3) is 0 Å². The number of aliphatic hydroxyl groups is 2. The molecule has 5 atom stereocenters. The summed E-state index contributed by atoms with van der Waals surface area (Å²) in [6, 6.07) is 0. The zero-order valence-electron chi connectivity index (χ0n) is 71.8. The summed E-state index contributed by atoms with van der Waals surface area (Å²) in [7, 11) is -9.80. The predicted octanol–water partition coefficient (Wildman–Crippen LogP) is 27.8. The maximum absolute atomic E-state index is 13.0. The van der Waals surface area contributed by atoms with Gasteiger partial charge in [0.2, 0.25) is 0 Å². The minimum atomic E-state index is -4.94. The summed E-state index contributed by atoms with van der Waals surface area (Å²) in [4.78, 5) is 58.9. The van der Waals surface area contributed by atoms with Crippen molar-refractivity contribution in [2.24, 2.45) is 0 Å². The molecule has 0 amide bonds. The van der Waals surface area contributed by atoms with Gasteiger partial charge in [-0.3, -0.25) is 32.5 Å². The van der Waals surface area contributed by atoms with Crippen LogP contribution in [-0.4, -0.2) is 95.9 Å². The molecule has 652 valence electrons. The maximum Gasteiger partial charge on any atom is 0.472 e. The Bertz CT molecular complexity index is 2580. The Balaban J connectivity index is 4.45. The first-order valence-electron chi connectivity index (χ1n) is 45.5. The van der Waals surface area contributed by atoms with E-state index in [2.05, 4.69) is 154 Å². The van der Waals surface area contributed by atoms with Crippen molar-refractivity contribution in [3.63, 3.8) is 0 Å². The van der Waals surface area contributed by atoms with Gasteiger partial charge in [-0.05, 0) is 135 Å². The molecule has 0 saturated heterocycles. The number of ether oxygens (including phenoxy) is 3. The summed E-state index contributed by atoms with van der Waals surface area (Å²) in [5.41, 5.74) is 0. The molecular formula is C95H166O16P2. The second-order valence-corrected chi connectivity index (χ2v) is 33.2. The third-order valence-corrected chi connectivity index (χ3v) is 21.2. The molecule has 0 saturated carbocycles. The molecule has 0 radical (unpaired) electrons. The van der Waals surface area contributed by atoms with Gasteiger partial charge in [0.25, 0.3) is 0 Å². The van der Waals surface area contributed by atoms with Crippen LogP contribution >= 0.6 is 15.6 Å². The van der Waals surface area contributed by atoms with Gasteiger partial charge >= 0.3 is 33.6 Å². The van der Waals surface area contributed by atoms with Crippen LogP contribution in [0.5, 0.6) is 0 Å². The lowest BCUT2D eigenvalue weighted by Gasteiger charge is -2.21. The Morgan fingerprint density at radius 2 is 0.469 bits per heavy atom. The lowest BCUT2D eigenvalue weighted by molar-refractivity contribution is -0.161. The summed E-state index contributed by atoms with van der Waals surface area (Å²) in [5, 5.41) is 20.7. The van der Waals surface area contributed by atoms with E-state index >= 15 is 0 Å². The Labute approximate surface area is 690 Å². The Kier molecular flexibility index (Phi) is 83.7. The number of esters is 3. The van der Waals surface area contributed by atoms with Crippen molar-refractivity contribution in [1.29, 1.82) is 0 Å². The van der Waals surface area contributed by atoms with E-state index < -0.39 is 91.5 Å². The van der Waals surface area contributed by atoms with Crippen molar-refractivity contribution in [3.8, 4) is 0 Å². The minimum Gasteiger partial charge on any atom is -0.463 e. The maximum atomic E-state index is 13.0. The van der Waals surface area contributed by atoms with Gasteiger partial charge in [0.05, 0.1) is 26.4 Å². The zero-order chi connectivity index (χ0) is 82.2. The lowest BCUT2D eigenvalue weighted by atomic mass is 10.0. The quantitative estimate of drug-likeness (QED) is 0.0146. The number of hydrogen-bond donors (Lipinski definition) is 4. The fourth-order valence-corrected chi connectivity index (χ4v) is 14.1. The smallest absolute Gasteiger partial charge is 0.463 e. The molecule has 0 heterocycles. The van der Waals surface area contributed by atoms with Crippen LogP contribution in [0.2, 0.25) is 0 Å². The van der Waals surface area contributed by atoms with E-state index in [-0.39, 0.29) is 19.3 Å². The molecule has 0 rings (SSSR count). The molecule has 16 nitrogen and oxygen atoms in total. The fourth-order valence-electron chi connectivity index (χ4n) is 12.5. The summed E-state index contributed by atoms with van der Waals surface area (Å²) < 4.78 is 61.4. The highest BCUT2D eigenvalue weighted by Gasteiger charge is 2.29. The number of rotatable bonds is 86. The summed E-state index contributed by atoms with van der Waals surface area (Å²) in [6.07, 6.45) is 108. The molecule has 0 fully saturated rings. The molecule has 18 heteroatoms. The van der Waals surface area contributed by atoms with E-state index in [0.717, 1.165) is 148 Å². The van der Waals surface area contributed by atoms with E-state index in [1.54, 1.807) is 0 Å². The molecule has 0 aromatic heterocycles. The number of phosphoric ester groups is 2. The van der Waals surface area contributed by atoms with Gasteiger partial charge < -0.3 is 34.2 Å². The van der Waals surface area contributed by atoms with Gasteiger partial charge in [-0.2, -0.15) is 0 Å². The molecular weight excluding hydrogens is 1460 g/mol. The lowest BCUT2D eigenvalue weighted by Crippen LogP contribution is -2.30. The number of allylic oxidation sites excluding steroid dienone is 22. The molecule has 4 N–H and O–H groups in total. The number of unbranched alkanes of at least 4 members (excludes halogenated alkanes) is 41. The van der Waals surface area contributed by atoms with Crippen molar-refractivity contribution in [1.82, 2.24) is 0 Å². The average molecular weight is 1630 g/mol. The van der Waals surface area contributed by atoms with E-state index in [1.807, 2.05) is 0 Å². The molecule has 0 aliphatic rings.